The number of rotatable bonds is 3. The quantitative estimate of drug-likeness (QED) is 0.818. The van der Waals surface area contributed by atoms with Crippen molar-refractivity contribution >= 4 is 0 Å². The molecule has 0 aliphatic heterocycles. The van der Waals surface area contributed by atoms with Crippen LogP contribution in [-0.2, 0) is 13.6 Å². The molecular weight excluding hydrogens is 212 g/mol. The average Bonchev–Trinajstić information content (AvgIpc) is 2.87. The molecule has 17 heavy (non-hydrogen) atoms. The first-order chi connectivity index (χ1) is 8.15. The second kappa shape index (κ2) is 6.89. The Balaban J connectivity index is 0.000000181. The van der Waals surface area contributed by atoms with Crippen molar-refractivity contribution < 1.29 is 0 Å². The normalized spacial score (nSPS) is 9.88. The van der Waals surface area contributed by atoms with Crippen molar-refractivity contribution in [3.63, 3.8) is 0 Å². The van der Waals surface area contributed by atoms with Gasteiger partial charge in [-0.05, 0) is 20.3 Å². The molecule has 0 atom stereocenters. The fraction of sp³-hybridized carbons (Fsp3) is 0.538. The fourth-order valence-corrected chi connectivity index (χ4v) is 1.37. The van der Waals surface area contributed by atoms with Gasteiger partial charge in [-0.25, -0.2) is 9.97 Å². The Bertz CT molecular complexity index is 412. The number of aromatic nitrogens is 4. The molecule has 0 amide bonds. The summed E-state index contributed by atoms with van der Waals surface area (Å²) in [5.41, 5.74) is 2.45. The molecule has 2 heterocycles. The largest absolute Gasteiger partial charge is 0.338 e. The van der Waals surface area contributed by atoms with Gasteiger partial charge in [0.1, 0.15) is 0 Å². The van der Waals surface area contributed by atoms with E-state index in [1.165, 1.54) is 24.2 Å². The zero-order chi connectivity index (χ0) is 12.7. The van der Waals surface area contributed by atoms with Gasteiger partial charge in [0, 0.05) is 37.4 Å². The minimum absolute atomic E-state index is 1.11. The lowest BCUT2D eigenvalue weighted by molar-refractivity contribution is 0.619. The number of imidazole rings is 2. The van der Waals surface area contributed by atoms with Crippen molar-refractivity contribution in [1.29, 1.82) is 0 Å². The minimum Gasteiger partial charge on any atom is -0.338 e. The first-order valence-electron chi connectivity index (χ1n) is 6.04. The van der Waals surface area contributed by atoms with E-state index in [0.717, 1.165) is 6.54 Å². The molecule has 2 aromatic rings. The van der Waals surface area contributed by atoms with Crippen molar-refractivity contribution in [1.82, 2.24) is 19.1 Å². The first-order valence-corrected chi connectivity index (χ1v) is 6.04. The van der Waals surface area contributed by atoms with E-state index in [4.69, 9.17) is 0 Å². The predicted molar refractivity (Wildman–Crippen MR) is 69.8 cm³/mol. The number of hydrogen-bond donors (Lipinski definition) is 0. The molecule has 4 nitrogen and oxygen atoms in total. The second-order valence-corrected chi connectivity index (χ2v) is 4.23. The van der Waals surface area contributed by atoms with Gasteiger partial charge in [-0.2, -0.15) is 0 Å². The highest BCUT2D eigenvalue weighted by molar-refractivity contribution is 4.93. The van der Waals surface area contributed by atoms with Gasteiger partial charge in [-0.15, -0.1) is 0 Å². The van der Waals surface area contributed by atoms with Gasteiger partial charge >= 0.3 is 0 Å². The number of aryl methyl sites for hydroxylation is 4. The van der Waals surface area contributed by atoms with Gasteiger partial charge in [0.25, 0.3) is 0 Å². The number of nitrogens with zero attached hydrogens (tertiary/aromatic N) is 4. The van der Waals surface area contributed by atoms with Crippen LogP contribution in [0.15, 0.2) is 25.0 Å². The highest BCUT2D eigenvalue weighted by Crippen LogP contribution is 1.99. The van der Waals surface area contributed by atoms with E-state index in [0.29, 0.717) is 0 Å². The number of unbranched alkanes of at least 4 members (excludes halogenated alkanes) is 1. The van der Waals surface area contributed by atoms with Crippen LogP contribution in [0.2, 0.25) is 0 Å². The molecule has 94 valence electrons. The molecule has 0 aliphatic carbocycles. The molecule has 0 saturated heterocycles. The predicted octanol–water partition coefficient (Wildman–Crippen LogP) is 2.72. The van der Waals surface area contributed by atoms with Crippen molar-refractivity contribution in [2.24, 2.45) is 7.05 Å². The van der Waals surface area contributed by atoms with Crippen LogP contribution < -0.4 is 0 Å². The third-order valence-electron chi connectivity index (χ3n) is 2.73. The smallest absolute Gasteiger partial charge is 0.0948 e. The van der Waals surface area contributed by atoms with Crippen molar-refractivity contribution in [2.45, 2.75) is 40.2 Å². The average molecular weight is 234 g/mol. The maximum atomic E-state index is 4.04. The molecule has 0 aliphatic rings. The maximum Gasteiger partial charge on any atom is 0.0948 e. The lowest BCUT2D eigenvalue weighted by atomic mass is 10.3. The van der Waals surface area contributed by atoms with E-state index in [9.17, 15) is 0 Å². The van der Waals surface area contributed by atoms with Crippen LogP contribution in [0.1, 0.15) is 31.2 Å². The van der Waals surface area contributed by atoms with E-state index in [1.54, 1.807) is 6.33 Å². The van der Waals surface area contributed by atoms with Gasteiger partial charge in [0.05, 0.1) is 12.7 Å². The van der Waals surface area contributed by atoms with E-state index < -0.39 is 0 Å². The molecule has 0 N–H and O–H groups in total. The summed E-state index contributed by atoms with van der Waals surface area (Å²) < 4.78 is 4.16. The van der Waals surface area contributed by atoms with E-state index in [-0.39, 0.29) is 0 Å². The third kappa shape index (κ3) is 4.43. The lowest BCUT2D eigenvalue weighted by Gasteiger charge is -2.01. The van der Waals surface area contributed by atoms with Crippen molar-refractivity contribution in [3.8, 4) is 0 Å². The highest BCUT2D eigenvalue weighted by Gasteiger charge is 1.92. The van der Waals surface area contributed by atoms with Gasteiger partial charge in [-0.1, -0.05) is 13.3 Å². The molecule has 0 spiro atoms. The van der Waals surface area contributed by atoms with Crippen molar-refractivity contribution in [2.75, 3.05) is 0 Å². The Morgan fingerprint density at radius 2 is 1.71 bits per heavy atom. The van der Waals surface area contributed by atoms with Crippen LogP contribution in [0.25, 0.3) is 0 Å². The Labute approximate surface area is 103 Å². The summed E-state index contributed by atoms with van der Waals surface area (Å²) in [7, 11) is 1.97. The third-order valence-corrected chi connectivity index (χ3v) is 2.73. The Hall–Kier alpha value is -1.58. The van der Waals surface area contributed by atoms with Crippen LogP contribution in [0, 0.1) is 13.8 Å². The molecule has 0 fully saturated rings. The summed E-state index contributed by atoms with van der Waals surface area (Å²) in [6.45, 7) is 7.42. The van der Waals surface area contributed by atoms with Crippen LogP contribution in [-0.4, -0.2) is 19.1 Å². The monoisotopic (exact) mass is 234 g/mol. The van der Waals surface area contributed by atoms with Crippen LogP contribution in [0.4, 0.5) is 0 Å². The van der Waals surface area contributed by atoms with E-state index in [1.807, 2.05) is 37.3 Å². The molecular formula is C13H22N4. The highest BCUT2D eigenvalue weighted by atomic mass is 15.0. The minimum atomic E-state index is 1.11. The van der Waals surface area contributed by atoms with Gasteiger partial charge in [0.15, 0.2) is 0 Å². The van der Waals surface area contributed by atoms with Crippen LogP contribution in [0.5, 0.6) is 0 Å². The Morgan fingerprint density at radius 1 is 1.06 bits per heavy atom. The standard InChI is InChI=1S/C8H14N2.C5H8N2/c1-3-4-5-10-7-9-6-8(10)2;1-5-3-6-4-7(5)2/h6-7H,3-5H2,1-2H3;3-4H,1-2H3. The zero-order valence-electron chi connectivity index (χ0n) is 11.2. The van der Waals surface area contributed by atoms with Gasteiger partial charge in [0.2, 0.25) is 0 Å². The molecule has 0 radical (unpaired) electrons. The maximum absolute atomic E-state index is 4.04. The molecule has 0 unspecified atom stereocenters. The molecule has 0 aromatic carbocycles. The Morgan fingerprint density at radius 3 is 2.06 bits per heavy atom. The molecule has 2 rings (SSSR count). The number of hydrogen-bond acceptors (Lipinski definition) is 2. The van der Waals surface area contributed by atoms with Crippen LogP contribution in [0.3, 0.4) is 0 Å². The Kier molecular flexibility index (Phi) is 5.46. The first kappa shape index (κ1) is 13.5. The van der Waals surface area contributed by atoms with Gasteiger partial charge < -0.3 is 9.13 Å². The summed E-state index contributed by atoms with van der Waals surface area (Å²) in [4.78, 5) is 7.92. The molecule has 0 saturated carbocycles. The van der Waals surface area contributed by atoms with Crippen molar-refractivity contribution in [3.05, 3.63) is 36.4 Å². The van der Waals surface area contributed by atoms with Crippen LogP contribution >= 0.6 is 0 Å². The summed E-state index contributed by atoms with van der Waals surface area (Å²) in [5, 5.41) is 0. The summed E-state index contributed by atoms with van der Waals surface area (Å²) in [5.74, 6) is 0. The van der Waals surface area contributed by atoms with E-state index >= 15 is 0 Å². The van der Waals surface area contributed by atoms with Gasteiger partial charge in [-0.3, -0.25) is 0 Å². The zero-order valence-corrected chi connectivity index (χ0v) is 11.2. The summed E-state index contributed by atoms with van der Waals surface area (Å²) in [6, 6.07) is 0. The molecule has 2 aromatic heterocycles. The lowest BCUT2D eigenvalue weighted by Crippen LogP contribution is -1.97. The summed E-state index contributed by atoms with van der Waals surface area (Å²) in [6.07, 6.45) is 9.91. The fourth-order valence-electron chi connectivity index (χ4n) is 1.37. The molecule has 4 heteroatoms. The molecule has 0 bridgehead atoms. The second-order valence-electron chi connectivity index (χ2n) is 4.23. The summed E-state index contributed by atoms with van der Waals surface area (Å²) >= 11 is 0. The SMILES string of the molecule is CCCCn1cncc1C.Cc1cncn1C. The van der Waals surface area contributed by atoms with E-state index in [2.05, 4.69) is 28.4 Å². The topological polar surface area (TPSA) is 35.6 Å².